The molecule has 2 rings (SSSR count). The summed E-state index contributed by atoms with van der Waals surface area (Å²) < 4.78 is 0. The minimum absolute atomic E-state index is 0.0145. The van der Waals surface area contributed by atoms with Crippen LogP contribution in [0.15, 0.2) is 41.1 Å². The summed E-state index contributed by atoms with van der Waals surface area (Å²) in [5, 5.41) is 7.16. The Labute approximate surface area is 117 Å². The standard InChI is InChI=1S/C15H18N2OS/c1-11(8-12-6-7-19-10-12)17-15(18)9-13-4-2-3-5-14(13)16/h2-7,10-11H,8-9,16H2,1H3,(H,17,18). The predicted octanol–water partition coefficient (Wildman–Crippen LogP) is 2.62. The molecule has 1 atom stereocenters. The van der Waals surface area contributed by atoms with E-state index in [-0.39, 0.29) is 11.9 Å². The van der Waals surface area contributed by atoms with Gasteiger partial charge in [-0.3, -0.25) is 4.79 Å². The highest BCUT2D eigenvalue weighted by atomic mass is 32.1. The van der Waals surface area contributed by atoms with Gasteiger partial charge in [0.1, 0.15) is 0 Å². The molecule has 3 nitrogen and oxygen atoms in total. The summed E-state index contributed by atoms with van der Waals surface area (Å²) >= 11 is 1.68. The summed E-state index contributed by atoms with van der Waals surface area (Å²) in [4.78, 5) is 11.9. The first-order chi connectivity index (χ1) is 9.15. The van der Waals surface area contributed by atoms with Gasteiger partial charge in [0.05, 0.1) is 6.42 Å². The van der Waals surface area contributed by atoms with Crippen molar-refractivity contribution < 1.29 is 4.79 Å². The van der Waals surface area contributed by atoms with Crippen molar-refractivity contribution in [3.8, 4) is 0 Å². The molecule has 0 aliphatic rings. The van der Waals surface area contributed by atoms with Gasteiger partial charge in [-0.2, -0.15) is 11.3 Å². The largest absolute Gasteiger partial charge is 0.398 e. The van der Waals surface area contributed by atoms with Gasteiger partial charge in [-0.15, -0.1) is 0 Å². The molecule has 1 unspecified atom stereocenters. The summed E-state index contributed by atoms with van der Waals surface area (Å²) in [6.07, 6.45) is 1.19. The van der Waals surface area contributed by atoms with Gasteiger partial charge in [0.15, 0.2) is 0 Å². The van der Waals surface area contributed by atoms with Crippen LogP contribution in [0.5, 0.6) is 0 Å². The van der Waals surface area contributed by atoms with Crippen LogP contribution >= 0.6 is 11.3 Å². The fraction of sp³-hybridized carbons (Fsp3) is 0.267. The van der Waals surface area contributed by atoms with Gasteiger partial charge in [-0.25, -0.2) is 0 Å². The Morgan fingerprint density at radius 3 is 2.84 bits per heavy atom. The van der Waals surface area contributed by atoms with Gasteiger partial charge in [-0.05, 0) is 47.4 Å². The van der Waals surface area contributed by atoms with E-state index >= 15 is 0 Å². The summed E-state index contributed by atoms with van der Waals surface area (Å²) in [5.41, 5.74) is 8.64. The van der Waals surface area contributed by atoms with Crippen LogP contribution in [0.25, 0.3) is 0 Å². The van der Waals surface area contributed by atoms with E-state index in [2.05, 4.69) is 22.1 Å². The molecule has 0 aliphatic carbocycles. The quantitative estimate of drug-likeness (QED) is 0.823. The minimum atomic E-state index is 0.0145. The Bertz CT molecular complexity index is 537. The molecule has 1 aromatic carbocycles. The lowest BCUT2D eigenvalue weighted by molar-refractivity contribution is -0.121. The molecule has 0 aliphatic heterocycles. The number of nitrogen functional groups attached to an aromatic ring is 1. The molecule has 0 saturated heterocycles. The highest BCUT2D eigenvalue weighted by molar-refractivity contribution is 7.07. The topological polar surface area (TPSA) is 55.1 Å². The average molecular weight is 274 g/mol. The average Bonchev–Trinajstić information content (AvgIpc) is 2.84. The Kier molecular flexibility index (Phi) is 4.58. The first-order valence-electron chi connectivity index (χ1n) is 6.29. The summed E-state index contributed by atoms with van der Waals surface area (Å²) in [6, 6.07) is 9.69. The molecule has 1 aromatic heterocycles. The molecule has 0 spiro atoms. The van der Waals surface area contributed by atoms with Crippen molar-refractivity contribution >= 4 is 22.9 Å². The highest BCUT2D eigenvalue weighted by Gasteiger charge is 2.10. The SMILES string of the molecule is CC(Cc1ccsc1)NC(=O)Cc1ccccc1N. The second-order valence-electron chi connectivity index (χ2n) is 4.68. The van der Waals surface area contributed by atoms with Crippen LogP contribution in [-0.2, 0) is 17.6 Å². The van der Waals surface area contributed by atoms with Crippen LogP contribution in [0.4, 0.5) is 5.69 Å². The van der Waals surface area contributed by atoms with Gasteiger partial charge >= 0.3 is 0 Å². The van der Waals surface area contributed by atoms with Crippen molar-refractivity contribution in [3.05, 3.63) is 52.2 Å². The first kappa shape index (κ1) is 13.6. The summed E-state index contributed by atoms with van der Waals surface area (Å²) in [7, 11) is 0. The predicted molar refractivity (Wildman–Crippen MR) is 80.2 cm³/mol. The van der Waals surface area contributed by atoms with Crippen molar-refractivity contribution in [2.75, 3.05) is 5.73 Å². The van der Waals surface area contributed by atoms with Crippen molar-refractivity contribution in [1.29, 1.82) is 0 Å². The summed E-state index contributed by atoms with van der Waals surface area (Å²) in [5.74, 6) is 0.0145. The fourth-order valence-corrected chi connectivity index (χ4v) is 2.69. The van der Waals surface area contributed by atoms with Crippen LogP contribution in [0.3, 0.4) is 0 Å². The van der Waals surface area contributed by atoms with E-state index in [1.165, 1.54) is 5.56 Å². The number of anilines is 1. The molecule has 0 radical (unpaired) electrons. The van der Waals surface area contributed by atoms with Crippen molar-refractivity contribution in [2.24, 2.45) is 0 Å². The maximum absolute atomic E-state index is 11.9. The maximum atomic E-state index is 11.9. The van der Waals surface area contributed by atoms with Gasteiger partial charge in [0.2, 0.25) is 5.91 Å². The van der Waals surface area contributed by atoms with Crippen LogP contribution in [0.1, 0.15) is 18.1 Å². The normalized spacial score (nSPS) is 12.1. The smallest absolute Gasteiger partial charge is 0.224 e. The van der Waals surface area contributed by atoms with Crippen molar-refractivity contribution in [3.63, 3.8) is 0 Å². The second kappa shape index (κ2) is 6.38. The number of amides is 1. The van der Waals surface area contributed by atoms with Gasteiger partial charge in [-0.1, -0.05) is 18.2 Å². The van der Waals surface area contributed by atoms with E-state index in [4.69, 9.17) is 5.73 Å². The molecular weight excluding hydrogens is 256 g/mol. The summed E-state index contributed by atoms with van der Waals surface area (Å²) in [6.45, 7) is 2.02. The third kappa shape index (κ3) is 4.10. The minimum Gasteiger partial charge on any atom is -0.398 e. The number of para-hydroxylation sites is 1. The van der Waals surface area contributed by atoms with Crippen LogP contribution < -0.4 is 11.1 Å². The maximum Gasteiger partial charge on any atom is 0.224 e. The highest BCUT2D eigenvalue weighted by Crippen LogP contribution is 2.12. The zero-order valence-electron chi connectivity index (χ0n) is 10.9. The lowest BCUT2D eigenvalue weighted by atomic mass is 10.1. The zero-order chi connectivity index (χ0) is 13.7. The molecule has 3 N–H and O–H groups in total. The number of rotatable bonds is 5. The van der Waals surface area contributed by atoms with Crippen molar-refractivity contribution in [2.45, 2.75) is 25.8 Å². The molecule has 1 amide bonds. The number of thiophene rings is 1. The Morgan fingerprint density at radius 1 is 1.37 bits per heavy atom. The second-order valence-corrected chi connectivity index (χ2v) is 5.46. The van der Waals surface area contributed by atoms with E-state index in [1.807, 2.05) is 31.2 Å². The van der Waals surface area contributed by atoms with E-state index in [9.17, 15) is 4.79 Å². The molecule has 0 bridgehead atoms. The van der Waals surface area contributed by atoms with Crippen molar-refractivity contribution in [1.82, 2.24) is 5.32 Å². The Hall–Kier alpha value is -1.81. The third-order valence-corrected chi connectivity index (χ3v) is 3.67. The van der Waals surface area contributed by atoms with Gasteiger partial charge in [0.25, 0.3) is 0 Å². The lowest BCUT2D eigenvalue weighted by Gasteiger charge is -2.13. The molecule has 4 heteroatoms. The Balaban J connectivity index is 1.86. The molecular formula is C15H18N2OS. The zero-order valence-corrected chi connectivity index (χ0v) is 11.7. The Morgan fingerprint density at radius 2 is 2.16 bits per heavy atom. The number of hydrogen-bond donors (Lipinski definition) is 2. The number of benzene rings is 1. The van der Waals surface area contributed by atoms with E-state index in [0.29, 0.717) is 12.1 Å². The van der Waals surface area contributed by atoms with Crippen LogP contribution in [-0.4, -0.2) is 11.9 Å². The molecule has 0 fully saturated rings. The lowest BCUT2D eigenvalue weighted by Crippen LogP contribution is -2.35. The number of hydrogen-bond acceptors (Lipinski definition) is 3. The molecule has 100 valence electrons. The molecule has 19 heavy (non-hydrogen) atoms. The monoisotopic (exact) mass is 274 g/mol. The number of nitrogens with one attached hydrogen (secondary N) is 1. The first-order valence-corrected chi connectivity index (χ1v) is 7.23. The third-order valence-electron chi connectivity index (χ3n) is 2.94. The van der Waals surface area contributed by atoms with Gasteiger partial charge in [0, 0.05) is 11.7 Å². The number of carbonyl (C=O) groups is 1. The van der Waals surface area contributed by atoms with Crippen LogP contribution in [0.2, 0.25) is 0 Å². The van der Waals surface area contributed by atoms with Gasteiger partial charge < -0.3 is 11.1 Å². The molecule has 2 aromatic rings. The molecule has 0 saturated carbocycles. The van der Waals surface area contributed by atoms with E-state index in [0.717, 1.165) is 12.0 Å². The van der Waals surface area contributed by atoms with E-state index < -0.39 is 0 Å². The van der Waals surface area contributed by atoms with E-state index in [1.54, 1.807) is 11.3 Å². The number of carbonyl (C=O) groups excluding carboxylic acids is 1. The number of nitrogens with two attached hydrogens (primary N) is 1. The fourth-order valence-electron chi connectivity index (χ4n) is 2.01. The van der Waals surface area contributed by atoms with Crippen LogP contribution in [0, 0.1) is 0 Å². The molecule has 1 heterocycles.